The van der Waals surface area contributed by atoms with Crippen molar-refractivity contribution in [1.29, 1.82) is 0 Å². The number of rotatable bonds is 6. The van der Waals surface area contributed by atoms with E-state index in [1.165, 1.54) is 0 Å². The Labute approximate surface area is 196 Å². The van der Waals surface area contributed by atoms with Crippen LogP contribution in [0.5, 0.6) is 5.95 Å². The summed E-state index contributed by atoms with van der Waals surface area (Å²) < 4.78 is 9.69. The van der Waals surface area contributed by atoms with Gasteiger partial charge in [0, 0.05) is 31.7 Å². The minimum Gasteiger partial charge on any atom is -0.468 e. The predicted octanol–water partition coefficient (Wildman–Crippen LogP) is 6.02. The molecule has 2 rings (SSSR count). The lowest BCUT2D eigenvalue weighted by atomic mass is 10.2. The molecule has 11 heteroatoms. The van der Waals surface area contributed by atoms with Gasteiger partial charge in [-0.25, -0.2) is 15.0 Å². The number of furan rings is 1. The lowest BCUT2D eigenvalue weighted by molar-refractivity contribution is 0.294. The first kappa shape index (κ1) is 22.3. The normalized spacial score (nSPS) is 12.4. The Kier molecular flexibility index (Phi) is 8.41. The third kappa shape index (κ3) is 8.68. The summed E-state index contributed by atoms with van der Waals surface area (Å²) in [6, 6.07) is 3.69. The minimum absolute atomic E-state index is 0.453. The lowest BCUT2D eigenvalue weighted by Gasteiger charge is -2.15. The first-order valence-electron chi connectivity index (χ1n) is 7.03. The molecule has 5 nitrogen and oxygen atoms in total. The maximum absolute atomic E-state index is 5.54. The van der Waals surface area contributed by atoms with Gasteiger partial charge in [0.1, 0.15) is 27.5 Å². The highest BCUT2D eigenvalue weighted by atomic mass is 80.0. The maximum atomic E-state index is 5.54. The monoisotopic (exact) mass is 729 g/mol. The lowest BCUT2D eigenvalue weighted by Crippen LogP contribution is -2.17. The number of halogens is 6. The van der Waals surface area contributed by atoms with Gasteiger partial charge < -0.3 is 9.15 Å². The molecule has 2 heterocycles. The fourth-order valence-electron chi connectivity index (χ4n) is 1.99. The second kappa shape index (κ2) is 9.45. The molecule has 2 aromatic heterocycles. The van der Waals surface area contributed by atoms with Gasteiger partial charge in [-0.1, -0.05) is 95.6 Å². The van der Waals surface area contributed by atoms with E-state index < -0.39 is 4.29 Å². The van der Waals surface area contributed by atoms with E-state index >= 15 is 0 Å². The highest BCUT2D eigenvalue weighted by Gasteiger charge is 2.24. The van der Waals surface area contributed by atoms with Crippen LogP contribution in [0.4, 0.5) is 0 Å². The number of ether oxygens (including phenoxy) is 1. The zero-order chi connectivity index (χ0) is 18.7. The third-order valence-corrected chi connectivity index (χ3v) is 4.61. The molecular weight excluding hydrogens is 722 g/mol. The molecule has 0 aliphatic carbocycles. The zero-order valence-corrected chi connectivity index (χ0v) is 22.4. The molecule has 0 unspecified atom stereocenters. The van der Waals surface area contributed by atoms with Crippen LogP contribution >= 0.6 is 95.6 Å². The van der Waals surface area contributed by atoms with Gasteiger partial charge in [0.25, 0.3) is 5.95 Å². The number of nitrogens with zero attached hydrogens (tertiary/aromatic N) is 3. The molecule has 0 aromatic carbocycles. The van der Waals surface area contributed by atoms with Crippen molar-refractivity contribution < 1.29 is 9.15 Å². The number of aryl methyl sites for hydroxylation is 2. The second-order valence-electron chi connectivity index (χ2n) is 5.09. The van der Waals surface area contributed by atoms with Crippen LogP contribution in [0.1, 0.15) is 23.2 Å². The van der Waals surface area contributed by atoms with E-state index in [1.807, 2.05) is 6.07 Å². The Bertz CT molecular complexity index is 677. The highest BCUT2D eigenvalue weighted by Crippen LogP contribution is 2.38. The van der Waals surface area contributed by atoms with Gasteiger partial charge in [-0.2, -0.15) is 0 Å². The number of alkyl halides is 6. The van der Waals surface area contributed by atoms with Crippen molar-refractivity contribution in [3.05, 3.63) is 35.4 Å². The summed E-state index contributed by atoms with van der Waals surface area (Å²) in [4.78, 5) is 13.7. The van der Waals surface area contributed by atoms with Crippen LogP contribution in [0.15, 0.2) is 16.5 Å². The molecule has 0 aliphatic heterocycles. The molecule has 0 saturated carbocycles. The van der Waals surface area contributed by atoms with Gasteiger partial charge in [0.2, 0.25) is 0 Å². The Morgan fingerprint density at radius 3 is 1.80 bits per heavy atom. The summed E-state index contributed by atoms with van der Waals surface area (Å²) in [6.45, 7) is 0. The molecule has 0 N–H and O–H groups in total. The molecule has 0 atom stereocenters. The Hall–Kier alpha value is 0.970. The Balaban J connectivity index is 2.19. The molecule has 0 bridgehead atoms. The van der Waals surface area contributed by atoms with Gasteiger partial charge in [-0.15, -0.1) is 0 Å². The van der Waals surface area contributed by atoms with E-state index in [1.54, 1.807) is 13.2 Å². The SMILES string of the molecule is COc1ccc(CCc2nc(CC(Br)(Br)Br)nc(CC(Br)(Br)Br)n2)o1. The van der Waals surface area contributed by atoms with Crippen molar-refractivity contribution in [2.45, 2.75) is 30.0 Å². The third-order valence-electron chi connectivity index (χ3n) is 2.92. The smallest absolute Gasteiger partial charge is 0.284 e. The number of hydrogen-bond acceptors (Lipinski definition) is 5. The second-order valence-corrected chi connectivity index (χ2v) is 19.6. The van der Waals surface area contributed by atoms with Crippen LogP contribution in [0.25, 0.3) is 0 Å². The summed E-state index contributed by atoms with van der Waals surface area (Å²) in [7, 11) is 1.58. The maximum Gasteiger partial charge on any atom is 0.284 e. The highest BCUT2D eigenvalue weighted by molar-refractivity contribution is 9.39. The van der Waals surface area contributed by atoms with Gasteiger partial charge in [0.15, 0.2) is 0 Å². The summed E-state index contributed by atoms with van der Waals surface area (Å²) in [6.07, 6.45) is 2.41. The standard InChI is InChI=1S/C14H13Br6N3O2/c1-24-12-5-3-8(25-12)2-4-9-21-10(6-13(15,16)17)23-11(22-9)7-14(18,19)20/h3,5H,2,4,6-7H2,1H3. The van der Waals surface area contributed by atoms with Crippen molar-refractivity contribution in [3.8, 4) is 5.95 Å². The number of methoxy groups -OCH3 is 1. The van der Waals surface area contributed by atoms with Crippen LogP contribution in [-0.4, -0.2) is 26.3 Å². The molecule has 138 valence electrons. The fourth-order valence-corrected chi connectivity index (χ4v) is 3.49. The fraction of sp³-hybridized carbons (Fsp3) is 0.500. The van der Waals surface area contributed by atoms with E-state index in [2.05, 4.69) is 111 Å². The topological polar surface area (TPSA) is 61.0 Å². The summed E-state index contributed by atoms with van der Waals surface area (Å²) in [5, 5.41) is 0. The van der Waals surface area contributed by atoms with E-state index in [0.29, 0.717) is 49.1 Å². The number of aromatic nitrogens is 3. The minimum atomic E-state index is -0.453. The van der Waals surface area contributed by atoms with Crippen molar-refractivity contribution in [2.24, 2.45) is 0 Å². The van der Waals surface area contributed by atoms with E-state index in [0.717, 1.165) is 5.76 Å². The van der Waals surface area contributed by atoms with Crippen molar-refractivity contribution >= 4 is 95.6 Å². The van der Waals surface area contributed by atoms with E-state index in [4.69, 9.17) is 9.15 Å². The van der Waals surface area contributed by atoms with Crippen LogP contribution in [0.2, 0.25) is 0 Å². The molecule has 0 amide bonds. The van der Waals surface area contributed by atoms with Gasteiger partial charge >= 0.3 is 0 Å². The van der Waals surface area contributed by atoms with Crippen molar-refractivity contribution in [2.75, 3.05) is 7.11 Å². The van der Waals surface area contributed by atoms with Gasteiger partial charge in [-0.05, 0) is 6.07 Å². The van der Waals surface area contributed by atoms with Crippen LogP contribution < -0.4 is 4.74 Å². The summed E-state index contributed by atoms with van der Waals surface area (Å²) in [5.74, 6) is 3.40. The predicted molar refractivity (Wildman–Crippen MR) is 119 cm³/mol. The molecule has 0 radical (unpaired) electrons. The van der Waals surface area contributed by atoms with Crippen LogP contribution in [-0.2, 0) is 25.7 Å². The Morgan fingerprint density at radius 2 is 1.36 bits per heavy atom. The van der Waals surface area contributed by atoms with Crippen molar-refractivity contribution in [3.63, 3.8) is 0 Å². The summed E-state index contributed by atoms with van der Waals surface area (Å²) in [5.41, 5.74) is 0. The van der Waals surface area contributed by atoms with E-state index in [9.17, 15) is 0 Å². The Morgan fingerprint density at radius 1 is 0.840 bits per heavy atom. The largest absolute Gasteiger partial charge is 0.468 e. The van der Waals surface area contributed by atoms with Crippen LogP contribution in [0.3, 0.4) is 0 Å². The van der Waals surface area contributed by atoms with Gasteiger partial charge in [0.05, 0.1) is 7.11 Å². The summed E-state index contributed by atoms with van der Waals surface area (Å²) >= 11 is 20.9. The number of hydrogen-bond donors (Lipinski definition) is 0. The van der Waals surface area contributed by atoms with Gasteiger partial charge in [-0.3, -0.25) is 0 Å². The average molecular weight is 735 g/mol. The average Bonchev–Trinajstić information content (AvgIpc) is 2.89. The van der Waals surface area contributed by atoms with Crippen LogP contribution in [0, 0.1) is 0 Å². The molecule has 0 fully saturated rings. The first-order valence-corrected chi connectivity index (χ1v) is 11.8. The first-order chi connectivity index (χ1) is 11.5. The van der Waals surface area contributed by atoms with Crippen molar-refractivity contribution in [1.82, 2.24) is 15.0 Å². The zero-order valence-electron chi connectivity index (χ0n) is 12.9. The quantitative estimate of drug-likeness (QED) is 0.340. The molecule has 2 aromatic rings. The van der Waals surface area contributed by atoms with E-state index in [-0.39, 0.29) is 0 Å². The molecule has 25 heavy (non-hydrogen) atoms. The molecule has 0 aliphatic rings. The molecule has 0 spiro atoms. The molecular formula is C14H13Br6N3O2. The molecule has 0 saturated heterocycles.